The van der Waals surface area contributed by atoms with Gasteiger partial charge >= 0.3 is 0 Å². The van der Waals surface area contributed by atoms with Gasteiger partial charge in [-0.3, -0.25) is 19.7 Å². The van der Waals surface area contributed by atoms with Gasteiger partial charge in [0.1, 0.15) is 0 Å². The molecular formula is C22H22N4O3S2. The van der Waals surface area contributed by atoms with Crippen LogP contribution < -0.4 is 10.2 Å². The van der Waals surface area contributed by atoms with Crippen molar-refractivity contribution in [3.05, 3.63) is 63.3 Å². The molecule has 31 heavy (non-hydrogen) atoms. The first-order chi connectivity index (χ1) is 15.0. The van der Waals surface area contributed by atoms with Gasteiger partial charge < -0.3 is 9.80 Å². The molecule has 2 aromatic heterocycles. The number of carbonyl (C=O) groups is 3. The van der Waals surface area contributed by atoms with Gasteiger partial charge in [-0.2, -0.15) is 0 Å². The number of anilines is 2. The van der Waals surface area contributed by atoms with Crippen molar-refractivity contribution in [2.75, 3.05) is 36.4 Å². The molecule has 1 aliphatic heterocycles. The van der Waals surface area contributed by atoms with Crippen molar-refractivity contribution < 1.29 is 14.4 Å². The number of Topliss-reactive ketones (excluding diaryl/α,β-unsaturated/α-hetero) is 1. The van der Waals surface area contributed by atoms with E-state index in [0.717, 1.165) is 18.8 Å². The zero-order chi connectivity index (χ0) is 21.8. The molecule has 3 aromatic rings. The zero-order valence-corrected chi connectivity index (χ0v) is 18.7. The summed E-state index contributed by atoms with van der Waals surface area (Å²) in [6, 6.07) is 11.2. The topological polar surface area (TPSA) is 82.6 Å². The van der Waals surface area contributed by atoms with Crippen molar-refractivity contribution in [1.82, 2.24) is 9.88 Å². The van der Waals surface area contributed by atoms with E-state index in [9.17, 15) is 14.4 Å². The molecule has 2 amide bonds. The Morgan fingerprint density at radius 3 is 2.42 bits per heavy atom. The Balaban J connectivity index is 1.28. The molecule has 1 saturated heterocycles. The van der Waals surface area contributed by atoms with Crippen LogP contribution in [0.1, 0.15) is 32.6 Å². The quantitative estimate of drug-likeness (QED) is 0.576. The number of thiophene rings is 1. The van der Waals surface area contributed by atoms with E-state index in [2.05, 4.69) is 15.2 Å². The van der Waals surface area contributed by atoms with Crippen LogP contribution in [-0.4, -0.2) is 53.7 Å². The minimum Gasteiger partial charge on any atom is -0.368 e. The highest BCUT2D eigenvalue weighted by Crippen LogP contribution is 2.20. The second-order valence-electron chi connectivity index (χ2n) is 7.22. The normalized spacial score (nSPS) is 13.8. The van der Waals surface area contributed by atoms with Gasteiger partial charge in [-0.1, -0.05) is 6.07 Å². The van der Waals surface area contributed by atoms with Crippen molar-refractivity contribution >= 4 is 51.1 Å². The predicted octanol–water partition coefficient (Wildman–Crippen LogP) is 3.55. The number of hydrogen-bond acceptors (Lipinski definition) is 7. The summed E-state index contributed by atoms with van der Waals surface area (Å²) < 4.78 is 0. The van der Waals surface area contributed by atoms with Gasteiger partial charge in [0, 0.05) is 42.8 Å². The van der Waals surface area contributed by atoms with Crippen LogP contribution >= 0.6 is 22.7 Å². The second kappa shape index (κ2) is 9.40. The Hall–Kier alpha value is -3.04. The van der Waals surface area contributed by atoms with E-state index in [1.807, 2.05) is 46.0 Å². The van der Waals surface area contributed by atoms with Crippen molar-refractivity contribution in [1.29, 1.82) is 0 Å². The summed E-state index contributed by atoms with van der Waals surface area (Å²) in [6.07, 6.45) is 0.221. The van der Waals surface area contributed by atoms with Gasteiger partial charge in [-0.05, 0) is 42.6 Å². The van der Waals surface area contributed by atoms with Crippen molar-refractivity contribution in [2.45, 2.75) is 13.3 Å². The molecule has 3 heterocycles. The number of benzene rings is 1. The number of amides is 2. The number of ketones is 1. The minimum atomic E-state index is -0.185. The fourth-order valence-corrected chi connectivity index (χ4v) is 4.72. The summed E-state index contributed by atoms with van der Waals surface area (Å²) in [5.41, 5.74) is 2.42. The van der Waals surface area contributed by atoms with Gasteiger partial charge in [0.25, 0.3) is 5.91 Å². The van der Waals surface area contributed by atoms with E-state index in [0.29, 0.717) is 34.4 Å². The van der Waals surface area contributed by atoms with Gasteiger partial charge in [0.05, 0.1) is 17.0 Å². The molecule has 1 aromatic carbocycles. The molecule has 160 valence electrons. The van der Waals surface area contributed by atoms with Crippen LogP contribution in [0.3, 0.4) is 0 Å². The van der Waals surface area contributed by atoms with E-state index >= 15 is 0 Å². The zero-order valence-electron chi connectivity index (χ0n) is 17.0. The number of hydrogen-bond donors (Lipinski definition) is 1. The molecular weight excluding hydrogens is 432 g/mol. The largest absolute Gasteiger partial charge is 0.368 e. The molecule has 0 aliphatic carbocycles. The third-order valence-corrected chi connectivity index (χ3v) is 6.80. The fourth-order valence-electron chi connectivity index (χ4n) is 3.40. The summed E-state index contributed by atoms with van der Waals surface area (Å²) in [6.45, 7) is 4.32. The van der Waals surface area contributed by atoms with Gasteiger partial charge in [0.15, 0.2) is 10.9 Å². The highest BCUT2D eigenvalue weighted by Gasteiger charge is 2.22. The minimum absolute atomic E-state index is 0.0352. The number of piperazine rings is 1. The van der Waals surface area contributed by atoms with E-state index in [1.54, 1.807) is 13.0 Å². The average molecular weight is 455 g/mol. The maximum atomic E-state index is 12.7. The van der Waals surface area contributed by atoms with E-state index < -0.39 is 0 Å². The lowest BCUT2D eigenvalue weighted by Crippen LogP contribution is -2.49. The summed E-state index contributed by atoms with van der Waals surface area (Å²) in [7, 11) is 0. The van der Waals surface area contributed by atoms with Crippen LogP contribution in [-0.2, 0) is 11.2 Å². The molecule has 0 radical (unpaired) electrons. The van der Waals surface area contributed by atoms with Crippen molar-refractivity contribution in [3.8, 4) is 0 Å². The summed E-state index contributed by atoms with van der Waals surface area (Å²) >= 11 is 2.70. The van der Waals surface area contributed by atoms with E-state index in [1.165, 1.54) is 22.7 Å². The van der Waals surface area contributed by atoms with Crippen LogP contribution in [0, 0.1) is 0 Å². The Kier molecular flexibility index (Phi) is 6.43. The molecule has 0 unspecified atom stereocenters. The fraction of sp³-hybridized carbons (Fsp3) is 0.273. The smallest absolute Gasteiger partial charge is 0.267 e. The van der Waals surface area contributed by atoms with Gasteiger partial charge in [-0.25, -0.2) is 4.98 Å². The van der Waals surface area contributed by atoms with Crippen molar-refractivity contribution in [2.24, 2.45) is 0 Å². The molecule has 0 spiro atoms. The Labute approximate surface area is 188 Å². The highest BCUT2D eigenvalue weighted by atomic mass is 32.1. The number of aromatic nitrogens is 1. The number of thiazole rings is 1. The second-order valence-corrected chi connectivity index (χ2v) is 9.03. The molecule has 1 fully saturated rings. The van der Waals surface area contributed by atoms with Crippen LogP contribution in [0.2, 0.25) is 0 Å². The molecule has 0 atom stereocenters. The Morgan fingerprint density at radius 1 is 1.03 bits per heavy atom. The molecule has 1 N–H and O–H groups in total. The lowest BCUT2D eigenvalue weighted by Gasteiger charge is -2.36. The van der Waals surface area contributed by atoms with E-state index in [-0.39, 0.29) is 24.0 Å². The monoisotopic (exact) mass is 454 g/mol. The third-order valence-electron chi connectivity index (χ3n) is 5.12. The summed E-state index contributed by atoms with van der Waals surface area (Å²) in [4.78, 5) is 45.3. The molecule has 9 heteroatoms. The first-order valence-corrected chi connectivity index (χ1v) is 11.7. The van der Waals surface area contributed by atoms with Crippen LogP contribution in [0.5, 0.6) is 0 Å². The first-order valence-electron chi connectivity index (χ1n) is 9.92. The van der Waals surface area contributed by atoms with Crippen LogP contribution in [0.15, 0.2) is 47.2 Å². The summed E-state index contributed by atoms with van der Waals surface area (Å²) in [5.74, 6) is -0.0963. The standard InChI is InChI=1S/C22H22N4O3S2/c1-15(27)16-4-6-18(7-5-16)25-8-10-26(11-9-25)20(28)13-17-14-31-22(23-17)24-21(29)19-3-2-12-30-19/h2-7,12,14H,8-11,13H2,1H3,(H,23,24,29). The molecule has 0 bridgehead atoms. The lowest BCUT2D eigenvalue weighted by atomic mass is 10.1. The Bertz CT molecular complexity index is 1070. The maximum absolute atomic E-state index is 12.7. The lowest BCUT2D eigenvalue weighted by molar-refractivity contribution is -0.130. The van der Waals surface area contributed by atoms with Gasteiger partial charge in [-0.15, -0.1) is 22.7 Å². The van der Waals surface area contributed by atoms with Gasteiger partial charge in [0.2, 0.25) is 5.91 Å². The molecule has 0 saturated carbocycles. The maximum Gasteiger partial charge on any atom is 0.267 e. The Morgan fingerprint density at radius 2 is 1.77 bits per heavy atom. The molecule has 1 aliphatic rings. The highest BCUT2D eigenvalue weighted by molar-refractivity contribution is 7.14. The van der Waals surface area contributed by atoms with Crippen molar-refractivity contribution in [3.63, 3.8) is 0 Å². The predicted molar refractivity (Wildman–Crippen MR) is 123 cm³/mol. The summed E-state index contributed by atoms with van der Waals surface area (Å²) in [5, 5.41) is 6.94. The van der Waals surface area contributed by atoms with Crippen LogP contribution in [0.4, 0.5) is 10.8 Å². The van der Waals surface area contributed by atoms with E-state index in [4.69, 9.17) is 0 Å². The number of carbonyl (C=O) groups excluding carboxylic acids is 3. The first kappa shape index (κ1) is 21.2. The van der Waals surface area contributed by atoms with Crippen LogP contribution in [0.25, 0.3) is 0 Å². The molecule has 4 rings (SSSR count). The number of nitrogens with one attached hydrogen (secondary N) is 1. The number of nitrogens with zero attached hydrogens (tertiary/aromatic N) is 3. The SMILES string of the molecule is CC(=O)c1ccc(N2CCN(C(=O)Cc3csc(NC(=O)c4cccs4)n3)CC2)cc1. The average Bonchev–Trinajstić information content (AvgIpc) is 3.46. The third kappa shape index (κ3) is 5.18. The molecule has 7 nitrogen and oxygen atoms in total. The number of rotatable bonds is 6.